The number of fused-ring (bicyclic) bond motifs is 1. The highest BCUT2D eigenvalue weighted by atomic mass is 32.2. The molecule has 0 radical (unpaired) electrons. The van der Waals surface area contributed by atoms with Crippen LogP contribution in [-0.4, -0.2) is 78.6 Å². The van der Waals surface area contributed by atoms with E-state index in [0.29, 0.717) is 44.3 Å². The van der Waals surface area contributed by atoms with E-state index in [4.69, 9.17) is 9.47 Å². The Kier molecular flexibility index (Phi) is 8.92. The van der Waals surface area contributed by atoms with E-state index in [1.54, 1.807) is 56.7 Å². The summed E-state index contributed by atoms with van der Waals surface area (Å²) in [5, 5.41) is 4.21. The third-order valence-electron chi connectivity index (χ3n) is 8.20. The first-order valence-electron chi connectivity index (χ1n) is 15.7. The average molecular weight is 693 g/mol. The van der Waals surface area contributed by atoms with Crippen LogP contribution in [0.2, 0.25) is 0 Å². The first kappa shape index (κ1) is 34.7. The number of amides is 2. The standard InChI is InChI=1S/C31H44N6O8S2/c1-29(2,3)44-27(40)34-13-9-20(10-14-34)18-36-25-22(24(38)35(26(36)39)19-21-16-32-33(8)17-21)15-23(46-25)47(42,43)37(31(7)11-12-31)28(41)45-30(4,5)6/h15-17,20H,9-14,18-19H2,1-8H3. The number of carbonyl (C=O) groups excluding carboxylic acids is 2. The Morgan fingerprint density at radius 1 is 1.04 bits per heavy atom. The van der Waals surface area contributed by atoms with Crippen LogP contribution in [0.25, 0.3) is 10.2 Å². The fourth-order valence-corrected chi connectivity index (χ4v) is 8.82. The highest BCUT2D eigenvalue weighted by Crippen LogP contribution is 2.46. The van der Waals surface area contributed by atoms with Crippen LogP contribution in [0.1, 0.15) is 79.7 Å². The number of likely N-dealkylation sites (tertiary alicyclic amines) is 1. The van der Waals surface area contributed by atoms with Gasteiger partial charge in [-0.05, 0) is 86.1 Å². The van der Waals surface area contributed by atoms with E-state index in [9.17, 15) is 27.6 Å². The van der Waals surface area contributed by atoms with Crippen LogP contribution in [0.15, 0.2) is 32.3 Å². The molecular weight excluding hydrogens is 649 g/mol. The first-order valence-corrected chi connectivity index (χ1v) is 18.0. The second-order valence-electron chi connectivity index (χ2n) is 14.7. The van der Waals surface area contributed by atoms with Crippen LogP contribution in [0.4, 0.5) is 9.59 Å². The summed E-state index contributed by atoms with van der Waals surface area (Å²) in [6.07, 6.45) is 3.98. The van der Waals surface area contributed by atoms with E-state index in [1.807, 2.05) is 20.8 Å². The number of hydrogen-bond acceptors (Lipinski definition) is 10. The molecule has 258 valence electrons. The summed E-state index contributed by atoms with van der Waals surface area (Å²) in [5.74, 6) is -0.0373. The molecule has 1 aliphatic carbocycles. The molecule has 1 aliphatic heterocycles. The normalized spacial score (nSPS) is 17.1. The smallest absolute Gasteiger partial charge is 0.424 e. The van der Waals surface area contributed by atoms with Gasteiger partial charge in [0.15, 0.2) is 0 Å². The summed E-state index contributed by atoms with van der Waals surface area (Å²) in [6, 6.07) is 1.27. The maximum absolute atomic E-state index is 14.2. The zero-order valence-corrected chi connectivity index (χ0v) is 29.9. The van der Waals surface area contributed by atoms with Gasteiger partial charge in [-0.1, -0.05) is 0 Å². The first-order chi connectivity index (χ1) is 21.7. The molecular formula is C31H44N6O8S2. The zero-order chi connectivity index (χ0) is 34.7. The number of aromatic nitrogens is 4. The van der Waals surface area contributed by atoms with E-state index < -0.39 is 50.2 Å². The lowest BCUT2D eigenvalue weighted by atomic mass is 9.97. The number of carbonyl (C=O) groups is 2. The van der Waals surface area contributed by atoms with Crippen molar-refractivity contribution in [2.75, 3.05) is 13.1 Å². The highest BCUT2D eigenvalue weighted by Gasteiger charge is 2.54. The molecule has 5 rings (SSSR count). The third kappa shape index (κ3) is 7.42. The minimum absolute atomic E-state index is 0.0373. The summed E-state index contributed by atoms with van der Waals surface area (Å²) in [7, 11) is -2.74. The van der Waals surface area contributed by atoms with E-state index >= 15 is 0 Å². The Labute approximate surface area is 277 Å². The number of hydrogen-bond donors (Lipinski definition) is 0. The molecule has 14 nitrogen and oxygen atoms in total. The number of piperidine rings is 1. The number of rotatable bonds is 7. The molecule has 2 amide bonds. The van der Waals surface area contributed by atoms with Crippen molar-refractivity contribution in [3.8, 4) is 0 Å². The van der Waals surface area contributed by atoms with Crippen LogP contribution in [-0.2, 0) is 39.6 Å². The monoisotopic (exact) mass is 692 g/mol. The molecule has 2 fully saturated rings. The minimum atomic E-state index is -4.47. The molecule has 0 spiro atoms. The van der Waals surface area contributed by atoms with Crippen molar-refractivity contribution >= 4 is 43.8 Å². The van der Waals surface area contributed by atoms with Crippen molar-refractivity contribution < 1.29 is 27.5 Å². The zero-order valence-electron chi connectivity index (χ0n) is 28.2. The van der Waals surface area contributed by atoms with Crippen LogP contribution in [0.5, 0.6) is 0 Å². The van der Waals surface area contributed by atoms with E-state index in [0.717, 1.165) is 20.2 Å². The van der Waals surface area contributed by atoms with Gasteiger partial charge in [-0.25, -0.2) is 14.4 Å². The lowest BCUT2D eigenvalue weighted by Gasteiger charge is -2.33. The summed E-state index contributed by atoms with van der Waals surface area (Å²) in [4.78, 5) is 55.7. The molecule has 4 heterocycles. The van der Waals surface area contributed by atoms with Crippen molar-refractivity contribution in [3.63, 3.8) is 0 Å². The molecule has 47 heavy (non-hydrogen) atoms. The summed E-state index contributed by atoms with van der Waals surface area (Å²) in [5.41, 5.74) is -3.10. The minimum Gasteiger partial charge on any atom is -0.444 e. The lowest BCUT2D eigenvalue weighted by molar-refractivity contribution is 0.0177. The predicted molar refractivity (Wildman–Crippen MR) is 176 cm³/mol. The number of nitrogens with zero attached hydrogens (tertiary/aromatic N) is 6. The fourth-order valence-electron chi connectivity index (χ4n) is 5.61. The topological polar surface area (TPSA) is 155 Å². The number of sulfonamides is 1. The van der Waals surface area contributed by atoms with Gasteiger partial charge in [0.05, 0.1) is 23.7 Å². The molecule has 3 aromatic heterocycles. The van der Waals surface area contributed by atoms with Gasteiger partial charge in [0.25, 0.3) is 15.6 Å². The molecule has 0 N–H and O–H groups in total. The van der Waals surface area contributed by atoms with Crippen LogP contribution >= 0.6 is 11.3 Å². The Bertz CT molecular complexity index is 1910. The van der Waals surface area contributed by atoms with Gasteiger partial charge in [-0.2, -0.15) is 17.8 Å². The summed E-state index contributed by atoms with van der Waals surface area (Å²) >= 11 is 0.798. The van der Waals surface area contributed by atoms with Crippen molar-refractivity contribution in [2.45, 2.75) is 108 Å². The lowest BCUT2D eigenvalue weighted by Crippen LogP contribution is -2.47. The molecule has 3 aromatic rings. The van der Waals surface area contributed by atoms with Crippen LogP contribution in [0, 0.1) is 5.92 Å². The molecule has 16 heteroatoms. The van der Waals surface area contributed by atoms with Crippen molar-refractivity contribution in [1.29, 1.82) is 0 Å². The van der Waals surface area contributed by atoms with Gasteiger partial charge in [0.2, 0.25) is 0 Å². The SMILES string of the molecule is Cn1cc(Cn2c(=O)c3cc(S(=O)(=O)N(C(=O)OC(C)(C)C)C4(C)CC4)sc3n(CC3CCN(C(=O)OC(C)(C)C)CC3)c2=O)cn1. The average Bonchev–Trinajstić information content (AvgIpc) is 3.31. The maximum atomic E-state index is 14.2. The van der Waals surface area contributed by atoms with Crippen molar-refractivity contribution in [1.82, 2.24) is 28.1 Å². The van der Waals surface area contributed by atoms with Gasteiger partial charge in [0, 0.05) is 38.4 Å². The van der Waals surface area contributed by atoms with Gasteiger partial charge in [-0.15, -0.1) is 11.3 Å². The maximum Gasteiger partial charge on any atom is 0.424 e. The number of aryl methyl sites for hydroxylation is 1. The van der Waals surface area contributed by atoms with Crippen LogP contribution < -0.4 is 11.2 Å². The molecule has 0 aromatic carbocycles. The molecule has 0 unspecified atom stereocenters. The quantitative estimate of drug-likeness (QED) is 0.356. The number of ether oxygens (including phenoxy) is 2. The fraction of sp³-hybridized carbons (Fsp3) is 0.645. The van der Waals surface area contributed by atoms with E-state index in [2.05, 4.69) is 5.10 Å². The molecule has 1 saturated heterocycles. The van der Waals surface area contributed by atoms with E-state index in [1.165, 1.54) is 10.6 Å². The van der Waals surface area contributed by atoms with Gasteiger partial charge < -0.3 is 14.4 Å². The summed E-state index contributed by atoms with van der Waals surface area (Å²) in [6.45, 7) is 13.1. The second kappa shape index (κ2) is 12.1. The molecule has 0 atom stereocenters. The van der Waals surface area contributed by atoms with E-state index in [-0.39, 0.29) is 33.4 Å². The van der Waals surface area contributed by atoms with Crippen molar-refractivity contribution in [2.24, 2.45) is 13.0 Å². The predicted octanol–water partition coefficient (Wildman–Crippen LogP) is 4.13. The Morgan fingerprint density at radius 3 is 2.19 bits per heavy atom. The Morgan fingerprint density at radius 2 is 1.66 bits per heavy atom. The van der Waals surface area contributed by atoms with Gasteiger partial charge in [0.1, 0.15) is 20.2 Å². The number of thiophene rings is 1. The molecule has 1 saturated carbocycles. The molecule has 0 bridgehead atoms. The largest absolute Gasteiger partial charge is 0.444 e. The second-order valence-corrected chi connectivity index (χ2v) is 17.8. The van der Waals surface area contributed by atoms with Gasteiger partial charge >= 0.3 is 17.9 Å². The summed E-state index contributed by atoms with van der Waals surface area (Å²) < 4.78 is 44.0. The highest BCUT2D eigenvalue weighted by molar-refractivity contribution is 7.92. The van der Waals surface area contributed by atoms with Gasteiger partial charge in [-0.3, -0.25) is 18.6 Å². The Balaban J connectivity index is 1.55. The van der Waals surface area contributed by atoms with Crippen LogP contribution in [0.3, 0.4) is 0 Å². The third-order valence-corrected chi connectivity index (χ3v) is 11.7. The molecule has 2 aliphatic rings. The Hall–Kier alpha value is -3.66. The van der Waals surface area contributed by atoms with Crippen molar-refractivity contribution in [3.05, 3.63) is 44.9 Å².